The highest BCUT2D eigenvalue weighted by molar-refractivity contribution is 5.46. The van der Waals surface area contributed by atoms with Gasteiger partial charge in [0.1, 0.15) is 5.69 Å². The van der Waals surface area contributed by atoms with Crippen LogP contribution >= 0.6 is 0 Å². The highest BCUT2D eigenvalue weighted by Gasteiger charge is 2.15. The van der Waals surface area contributed by atoms with Crippen LogP contribution in [0.3, 0.4) is 0 Å². The van der Waals surface area contributed by atoms with Crippen LogP contribution in [-0.2, 0) is 18.2 Å². The minimum Gasteiger partial charge on any atom is -0.377 e. The molecule has 98 valence electrons. The number of nitrogens with zero attached hydrogens (tertiary/aromatic N) is 4. The summed E-state index contributed by atoms with van der Waals surface area (Å²) in [6.07, 6.45) is 2.25. The molecule has 2 aromatic rings. The Morgan fingerprint density at radius 3 is 3.00 bits per heavy atom. The summed E-state index contributed by atoms with van der Waals surface area (Å²) >= 11 is 0. The van der Waals surface area contributed by atoms with Gasteiger partial charge in [0.15, 0.2) is 0 Å². The lowest BCUT2D eigenvalue weighted by molar-refractivity contribution is 0.0636. The molecule has 1 unspecified atom stereocenters. The van der Waals surface area contributed by atoms with E-state index in [2.05, 4.69) is 15.2 Å². The van der Waals surface area contributed by atoms with Gasteiger partial charge in [0.25, 0.3) is 0 Å². The minimum absolute atomic E-state index is 0.0907. The van der Waals surface area contributed by atoms with Gasteiger partial charge < -0.3 is 15.0 Å². The number of nitrogens with two attached hydrogens (primary N) is 1. The van der Waals surface area contributed by atoms with Crippen LogP contribution in [0.1, 0.15) is 12.8 Å². The van der Waals surface area contributed by atoms with E-state index in [1.807, 2.05) is 26.2 Å². The zero-order valence-corrected chi connectivity index (χ0v) is 10.5. The zero-order chi connectivity index (χ0) is 13.0. The van der Waals surface area contributed by atoms with Crippen molar-refractivity contribution < 1.29 is 9.26 Å². The van der Waals surface area contributed by atoms with Crippen molar-refractivity contribution in [2.45, 2.75) is 19.4 Å². The lowest BCUT2D eigenvalue weighted by Crippen LogP contribution is -2.26. The van der Waals surface area contributed by atoms with E-state index in [0.29, 0.717) is 37.0 Å². The number of aromatic nitrogens is 4. The predicted octanol–water partition coefficient (Wildman–Crippen LogP) is 0.376. The maximum Gasteiger partial charge on any atom is 0.229 e. The summed E-state index contributed by atoms with van der Waals surface area (Å²) in [4.78, 5) is 4.27. The molecule has 2 heterocycles. The lowest BCUT2D eigenvalue weighted by atomic mass is 10.2. The van der Waals surface area contributed by atoms with Crippen LogP contribution in [-0.4, -0.2) is 39.2 Å². The van der Waals surface area contributed by atoms with Crippen molar-refractivity contribution in [3.05, 3.63) is 18.2 Å². The number of rotatable bonds is 6. The molecule has 0 spiro atoms. The Morgan fingerprint density at radius 2 is 2.39 bits per heavy atom. The van der Waals surface area contributed by atoms with Crippen molar-refractivity contribution in [1.29, 1.82) is 0 Å². The molecule has 0 aliphatic heterocycles. The first-order chi connectivity index (χ1) is 8.72. The summed E-state index contributed by atoms with van der Waals surface area (Å²) in [7, 11) is 1.84. The van der Waals surface area contributed by atoms with Crippen molar-refractivity contribution >= 4 is 0 Å². The minimum atomic E-state index is -0.0907. The molecule has 0 amide bonds. The first kappa shape index (κ1) is 12.7. The van der Waals surface area contributed by atoms with E-state index in [-0.39, 0.29) is 6.10 Å². The molecule has 7 nitrogen and oxygen atoms in total. The molecule has 0 aromatic carbocycles. The molecule has 7 heteroatoms. The SMILES string of the molecule is CCOC(CN)Cc1nc(-c2ccn(C)n2)no1. The van der Waals surface area contributed by atoms with E-state index >= 15 is 0 Å². The van der Waals surface area contributed by atoms with E-state index in [4.69, 9.17) is 15.0 Å². The zero-order valence-electron chi connectivity index (χ0n) is 10.5. The summed E-state index contributed by atoms with van der Waals surface area (Å²) in [5.74, 6) is 0.998. The van der Waals surface area contributed by atoms with Crippen LogP contribution in [0.2, 0.25) is 0 Å². The fourth-order valence-corrected chi connectivity index (χ4v) is 1.62. The van der Waals surface area contributed by atoms with Gasteiger partial charge in [-0.3, -0.25) is 4.68 Å². The second kappa shape index (κ2) is 5.74. The Hall–Kier alpha value is -1.73. The maximum atomic E-state index is 5.60. The molecule has 0 bridgehead atoms. The van der Waals surface area contributed by atoms with E-state index < -0.39 is 0 Å². The van der Waals surface area contributed by atoms with E-state index in [0.717, 1.165) is 0 Å². The fourth-order valence-electron chi connectivity index (χ4n) is 1.62. The Bertz CT molecular complexity index is 493. The lowest BCUT2D eigenvalue weighted by Gasteiger charge is -2.11. The van der Waals surface area contributed by atoms with Gasteiger partial charge in [-0.2, -0.15) is 10.1 Å². The molecule has 1 atom stereocenters. The number of hydrogen-bond acceptors (Lipinski definition) is 6. The van der Waals surface area contributed by atoms with Crippen LogP contribution < -0.4 is 5.73 Å². The van der Waals surface area contributed by atoms with Gasteiger partial charge in [-0.1, -0.05) is 5.16 Å². The summed E-state index contributed by atoms with van der Waals surface area (Å²) in [6, 6.07) is 1.83. The third kappa shape index (κ3) is 2.93. The quantitative estimate of drug-likeness (QED) is 0.797. The average Bonchev–Trinajstić information content (AvgIpc) is 2.97. The van der Waals surface area contributed by atoms with Gasteiger partial charge in [0.2, 0.25) is 11.7 Å². The van der Waals surface area contributed by atoms with Gasteiger partial charge in [-0.15, -0.1) is 0 Å². The van der Waals surface area contributed by atoms with E-state index in [9.17, 15) is 0 Å². The van der Waals surface area contributed by atoms with Crippen molar-refractivity contribution in [2.24, 2.45) is 12.8 Å². The number of aryl methyl sites for hydroxylation is 1. The molecular weight excluding hydrogens is 234 g/mol. The van der Waals surface area contributed by atoms with Gasteiger partial charge in [0.05, 0.1) is 12.5 Å². The fraction of sp³-hybridized carbons (Fsp3) is 0.545. The van der Waals surface area contributed by atoms with Gasteiger partial charge in [-0.05, 0) is 13.0 Å². The van der Waals surface area contributed by atoms with Crippen LogP contribution in [0, 0.1) is 0 Å². The average molecular weight is 251 g/mol. The Balaban J connectivity index is 2.06. The molecular formula is C11H17N5O2. The van der Waals surface area contributed by atoms with Crippen LogP contribution in [0.15, 0.2) is 16.8 Å². The molecule has 0 fully saturated rings. The standard InChI is InChI=1S/C11H17N5O2/c1-3-17-8(7-12)6-10-13-11(15-18-10)9-4-5-16(2)14-9/h4-5,8H,3,6-7,12H2,1-2H3. The second-order valence-corrected chi connectivity index (χ2v) is 3.90. The monoisotopic (exact) mass is 251 g/mol. The number of ether oxygens (including phenoxy) is 1. The van der Waals surface area contributed by atoms with Crippen molar-refractivity contribution in [3.63, 3.8) is 0 Å². The molecule has 0 radical (unpaired) electrons. The van der Waals surface area contributed by atoms with E-state index in [1.165, 1.54) is 0 Å². The first-order valence-electron chi connectivity index (χ1n) is 5.87. The number of hydrogen-bond donors (Lipinski definition) is 1. The topological polar surface area (TPSA) is 92.0 Å². The Labute approximate surface area is 105 Å². The smallest absolute Gasteiger partial charge is 0.229 e. The first-order valence-corrected chi connectivity index (χ1v) is 5.87. The normalized spacial score (nSPS) is 12.8. The van der Waals surface area contributed by atoms with Gasteiger partial charge >= 0.3 is 0 Å². The van der Waals surface area contributed by atoms with Crippen LogP contribution in [0.5, 0.6) is 0 Å². The summed E-state index contributed by atoms with van der Waals surface area (Å²) in [6.45, 7) is 2.97. The van der Waals surface area contributed by atoms with Crippen LogP contribution in [0.4, 0.5) is 0 Å². The van der Waals surface area contributed by atoms with Crippen molar-refractivity contribution in [3.8, 4) is 11.5 Å². The molecule has 2 aromatic heterocycles. The molecule has 0 saturated heterocycles. The van der Waals surface area contributed by atoms with Gasteiger partial charge in [0, 0.05) is 26.4 Å². The Morgan fingerprint density at radius 1 is 1.56 bits per heavy atom. The highest BCUT2D eigenvalue weighted by atomic mass is 16.5. The second-order valence-electron chi connectivity index (χ2n) is 3.90. The largest absolute Gasteiger partial charge is 0.377 e. The van der Waals surface area contributed by atoms with Crippen LogP contribution in [0.25, 0.3) is 11.5 Å². The molecule has 0 aliphatic carbocycles. The molecule has 0 saturated carbocycles. The van der Waals surface area contributed by atoms with Gasteiger partial charge in [-0.25, -0.2) is 0 Å². The summed E-state index contributed by atoms with van der Waals surface area (Å²) < 4.78 is 12.3. The van der Waals surface area contributed by atoms with Crippen molar-refractivity contribution in [1.82, 2.24) is 19.9 Å². The third-order valence-electron chi connectivity index (χ3n) is 2.48. The molecule has 18 heavy (non-hydrogen) atoms. The van der Waals surface area contributed by atoms with E-state index in [1.54, 1.807) is 4.68 Å². The van der Waals surface area contributed by atoms with Crippen molar-refractivity contribution in [2.75, 3.05) is 13.2 Å². The molecule has 2 rings (SSSR count). The predicted molar refractivity (Wildman–Crippen MR) is 64.7 cm³/mol. The molecule has 2 N–H and O–H groups in total. The summed E-state index contributed by atoms with van der Waals surface area (Å²) in [5, 5.41) is 8.09. The third-order valence-corrected chi connectivity index (χ3v) is 2.48. The Kier molecular flexibility index (Phi) is 4.06. The highest BCUT2D eigenvalue weighted by Crippen LogP contribution is 2.13. The molecule has 0 aliphatic rings. The maximum absolute atomic E-state index is 5.60. The summed E-state index contributed by atoms with van der Waals surface area (Å²) in [5.41, 5.74) is 6.29.